The maximum atomic E-state index is 12.7. The van der Waals surface area contributed by atoms with Gasteiger partial charge in [0.1, 0.15) is 11.8 Å². The van der Waals surface area contributed by atoms with Crippen LogP contribution in [0.15, 0.2) is 24.3 Å². The van der Waals surface area contributed by atoms with Gasteiger partial charge in [0.15, 0.2) is 0 Å². The highest BCUT2D eigenvalue weighted by atomic mass is 19.4. The summed E-state index contributed by atoms with van der Waals surface area (Å²) in [6, 6.07) is 3.38. The second kappa shape index (κ2) is 9.19. The smallest absolute Gasteiger partial charge is 0.416 e. The standard InChI is InChI=1S/C17H20F3NO4/c1-3-13(22)7-8-14(16(24)25-2)21-15(23)10-11-5-4-6-12(9-11)17(18,19)20/h4-6,9,14H,3,7-8,10H2,1-2H3,(H,21,23)/t14-/m0/s1. The minimum absolute atomic E-state index is 0.0685. The summed E-state index contributed by atoms with van der Waals surface area (Å²) in [5.41, 5.74) is -0.684. The van der Waals surface area contributed by atoms with Gasteiger partial charge >= 0.3 is 12.1 Å². The van der Waals surface area contributed by atoms with E-state index in [0.29, 0.717) is 6.42 Å². The number of halogens is 3. The first kappa shape index (κ1) is 20.7. The fourth-order valence-electron chi connectivity index (χ4n) is 2.16. The molecule has 0 aliphatic rings. The second-order valence-electron chi connectivity index (χ2n) is 5.45. The van der Waals surface area contributed by atoms with Crippen LogP contribution in [-0.4, -0.2) is 30.8 Å². The van der Waals surface area contributed by atoms with Crippen LogP contribution in [0.25, 0.3) is 0 Å². The molecule has 8 heteroatoms. The number of carbonyl (C=O) groups excluding carboxylic acids is 3. The number of rotatable bonds is 8. The van der Waals surface area contributed by atoms with Gasteiger partial charge in [-0.1, -0.05) is 25.1 Å². The Morgan fingerprint density at radius 3 is 2.48 bits per heavy atom. The van der Waals surface area contributed by atoms with Crippen LogP contribution >= 0.6 is 0 Å². The molecule has 1 atom stereocenters. The lowest BCUT2D eigenvalue weighted by atomic mass is 10.1. The lowest BCUT2D eigenvalue weighted by Gasteiger charge is -2.16. The Hall–Kier alpha value is -2.38. The summed E-state index contributed by atoms with van der Waals surface area (Å²) in [6.45, 7) is 1.68. The van der Waals surface area contributed by atoms with E-state index < -0.39 is 29.7 Å². The molecule has 0 fully saturated rings. The van der Waals surface area contributed by atoms with Gasteiger partial charge in [0.2, 0.25) is 5.91 Å². The van der Waals surface area contributed by atoms with Crippen molar-refractivity contribution in [2.45, 2.75) is 44.8 Å². The summed E-state index contributed by atoms with van der Waals surface area (Å²) in [5, 5.41) is 2.41. The Morgan fingerprint density at radius 1 is 1.24 bits per heavy atom. The van der Waals surface area contributed by atoms with Crippen LogP contribution < -0.4 is 5.32 Å². The van der Waals surface area contributed by atoms with E-state index in [1.54, 1.807) is 6.92 Å². The first-order valence-corrected chi connectivity index (χ1v) is 7.72. The number of esters is 1. The van der Waals surface area contributed by atoms with Gasteiger partial charge < -0.3 is 10.1 Å². The molecular formula is C17H20F3NO4. The first-order valence-electron chi connectivity index (χ1n) is 7.72. The molecule has 138 valence electrons. The molecule has 0 aliphatic carbocycles. The number of hydrogen-bond acceptors (Lipinski definition) is 4. The molecule has 0 radical (unpaired) electrons. The van der Waals surface area contributed by atoms with E-state index in [1.165, 1.54) is 12.1 Å². The molecule has 1 aromatic carbocycles. The van der Waals surface area contributed by atoms with E-state index in [2.05, 4.69) is 10.1 Å². The number of alkyl halides is 3. The molecule has 1 N–H and O–H groups in total. The first-order chi connectivity index (χ1) is 11.7. The monoisotopic (exact) mass is 359 g/mol. The van der Waals surface area contributed by atoms with Crippen molar-refractivity contribution in [3.8, 4) is 0 Å². The fourth-order valence-corrected chi connectivity index (χ4v) is 2.16. The molecule has 0 unspecified atom stereocenters. The molecule has 0 heterocycles. The number of benzene rings is 1. The van der Waals surface area contributed by atoms with Gasteiger partial charge in [0, 0.05) is 12.8 Å². The van der Waals surface area contributed by atoms with Gasteiger partial charge in [-0.05, 0) is 18.1 Å². The van der Waals surface area contributed by atoms with Crippen molar-refractivity contribution in [3.63, 3.8) is 0 Å². The van der Waals surface area contributed by atoms with Crippen molar-refractivity contribution in [1.29, 1.82) is 0 Å². The third-order valence-corrected chi connectivity index (χ3v) is 3.55. The molecule has 0 aromatic heterocycles. The number of Topliss-reactive ketones (excluding diaryl/α,β-unsaturated/α-hetero) is 1. The van der Waals surface area contributed by atoms with Crippen molar-refractivity contribution in [2.24, 2.45) is 0 Å². The second-order valence-corrected chi connectivity index (χ2v) is 5.45. The maximum Gasteiger partial charge on any atom is 0.416 e. The van der Waals surface area contributed by atoms with Gasteiger partial charge in [-0.15, -0.1) is 0 Å². The molecule has 1 aromatic rings. The largest absolute Gasteiger partial charge is 0.467 e. The zero-order valence-electron chi connectivity index (χ0n) is 14.0. The maximum absolute atomic E-state index is 12.7. The molecule has 5 nitrogen and oxygen atoms in total. The Morgan fingerprint density at radius 2 is 1.92 bits per heavy atom. The predicted octanol–water partition coefficient (Wildman–Crippen LogP) is 2.67. The number of carbonyl (C=O) groups is 3. The molecule has 0 spiro atoms. The van der Waals surface area contributed by atoms with Crippen LogP contribution in [0.3, 0.4) is 0 Å². The molecule has 1 amide bonds. The molecule has 0 bridgehead atoms. The van der Waals surface area contributed by atoms with Crippen LogP contribution in [0.2, 0.25) is 0 Å². The van der Waals surface area contributed by atoms with Crippen molar-refractivity contribution in [2.75, 3.05) is 7.11 Å². The number of methoxy groups -OCH3 is 1. The quantitative estimate of drug-likeness (QED) is 0.725. The van der Waals surface area contributed by atoms with Gasteiger partial charge in [0.05, 0.1) is 19.1 Å². The van der Waals surface area contributed by atoms with E-state index >= 15 is 0 Å². The van der Waals surface area contributed by atoms with Gasteiger partial charge in [0.25, 0.3) is 0 Å². The number of ether oxygens (including phenoxy) is 1. The third kappa shape index (κ3) is 6.94. The van der Waals surface area contributed by atoms with Crippen LogP contribution in [-0.2, 0) is 31.7 Å². The fraction of sp³-hybridized carbons (Fsp3) is 0.471. The van der Waals surface area contributed by atoms with Crippen LogP contribution in [0.5, 0.6) is 0 Å². The highest BCUT2D eigenvalue weighted by Crippen LogP contribution is 2.29. The van der Waals surface area contributed by atoms with E-state index in [9.17, 15) is 27.6 Å². The van der Waals surface area contributed by atoms with Crippen molar-refractivity contribution in [3.05, 3.63) is 35.4 Å². The Bertz CT molecular complexity index is 629. The number of nitrogens with one attached hydrogen (secondary N) is 1. The van der Waals surface area contributed by atoms with Crippen LogP contribution in [0.4, 0.5) is 13.2 Å². The predicted molar refractivity (Wildman–Crippen MR) is 83.6 cm³/mol. The summed E-state index contributed by atoms with van der Waals surface area (Å²) < 4.78 is 42.6. The third-order valence-electron chi connectivity index (χ3n) is 3.55. The van der Waals surface area contributed by atoms with Crippen LogP contribution in [0, 0.1) is 0 Å². The van der Waals surface area contributed by atoms with Gasteiger partial charge in [-0.2, -0.15) is 13.2 Å². The zero-order chi connectivity index (χ0) is 19.0. The average molecular weight is 359 g/mol. The number of amides is 1. The normalized spacial score (nSPS) is 12.4. The van der Waals surface area contributed by atoms with E-state index in [1.807, 2.05) is 0 Å². The van der Waals surface area contributed by atoms with Crippen molar-refractivity contribution in [1.82, 2.24) is 5.32 Å². The molecule has 0 saturated heterocycles. The Kier molecular flexibility index (Phi) is 7.60. The number of hydrogen-bond donors (Lipinski definition) is 1. The number of ketones is 1. The summed E-state index contributed by atoms with van der Waals surface area (Å²) in [4.78, 5) is 35.1. The lowest BCUT2D eigenvalue weighted by molar-refractivity contribution is -0.145. The summed E-state index contributed by atoms with van der Waals surface area (Å²) in [7, 11) is 1.15. The van der Waals surface area contributed by atoms with Gasteiger partial charge in [-0.3, -0.25) is 9.59 Å². The van der Waals surface area contributed by atoms with Crippen molar-refractivity contribution < 1.29 is 32.3 Å². The summed E-state index contributed by atoms with van der Waals surface area (Å²) in [5.74, 6) is -1.40. The van der Waals surface area contributed by atoms with E-state index in [0.717, 1.165) is 19.2 Å². The lowest BCUT2D eigenvalue weighted by Crippen LogP contribution is -2.42. The molecule has 0 aliphatic heterocycles. The molecule has 1 rings (SSSR count). The van der Waals surface area contributed by atoms with Gasteiger partial charge in [-0.25, -0.2) is 4.79 Å². The Labute approximate surface area is 143 Å². The SMILES string of the molecule is CCC(=O)CC[C@H](NC(=O)Cc1cccc(C(F)(F)F)c1)C(=O)OC. The minimum atomic E-state index is -4.50. The van der Waals surface area contributed by atoms with Crippen LogP contribution in [0.1, 0.15) is 37.3 Å². The highest BCUT2D eigenvalue weighted by Gasteiger charge is 2.30. The molecule has 0 saturated carbocycles. The summed E-state index contributed by atoms with van der Waals surface area (Å²) in [6.07, 6.45) is -4.33. The highest BCUT2D eigenvalue weighted by molar-refractivity contribution is 5.86. The summed E-state index contributed by atoms with van der Waals surface area (Å²) >= 11 is 0. The molecular weight excluding hydrogens is 339 g/mol. The average Bonchev–Trinajstić information content (AvgIpc) is 2.56. The Balaban J connectivity index is 2.74. The topological polar surface area (TPSA) is 72.5 Å². The molecule has 25 heavy (non-hydrogen) atoms. The minimum Gasteiger partial charge on any atom is -0.467 e. The zero-order valence-corrected chi connectivity index (χ0v) is 14.0. The van der Waals surface area contributed by atoms with E-state index in [-0.39, 0.29) is 30.6 Å². The van der Waals surface area contributed by atoms with Crippen molar-refractivity contribution >= 4 is 17.7 Å². The van der Waals surface area contributed by atoms with E-state index in [4.69, 9.17) is 0 Å².